The first-order chi connectivity index (χ1) is 5.25. The van der Waals surface area contributed by atoms with E-state index in [0.29, 0.717) is 13.1 Å². The highest BCUT2D eigenvalue weighted by molar-refractivity contribution is 6.37. The molecular weight excluding hydrogens is 146 g/mol. The SMILES string of the molecule is N=NCC(=O)C(=O)N1CCC1. The number of nitrogens with one attached hydrogen (secondary N) is 1. The fourth-order valence-electron chi connectivity index (χ4n) is 0.835. The standard InChI is InChI=1S/C6H9N3O2/c7-8-4-5(10)6(11)9-2-1-3-9/h7H,1-4H2. The summed E-state index contributed by atoms with van der Waals surface area (Å²) in [6.07, 6.45) is 0.969. The van der Waals surface area contributed by atoms with E-state index in [1.807, 2.05) is 0 Å². The highest BCUT2D eigenvalue weighted by Crippen LogP contribution is 2.05. The van der Waals surface area contributed by atoms with Crippen molar-refractivity contribution < 1.29 is 9.59 Å². The van der Waals surface area contributed by atoms with Gasteiger partial charge in [-0.3, -0.25) is 9.59 Å². The van der Waals surface area contributed by atoms with Crippen LogP contribution in [-0.4, -0.2) is 36.2 Å². The van der Waals surface area contributed by atoms with E-state index in [2.05, 4.69) is 5.11 Å². The van der Waals surface area contributed by atoms with Crippen molar-refractivity contribution in [3.8, 4) is 0 Å². The van der Waals surface area contributed by atoms with Crippen LogP contribution in [0, 0.1) is 5.53 Å². The van der Waals surface area contributed by atoms with Gasteiger partial charge in [0.05, 0.1) is 0 Å². The van der Waals surface area contributed by atoms with Crippen molar-refractivity contribution in [3.63, 3.8) is 0 Å². The lowest BCUT2D eigenvalue weighted by atomic mass is 10.2. The van der Waals surface area contributed by atoms with Crippen LogP contribution in [0.5, 0.6) is 0 Å². The highest BCUT2D eigenvalue weighted by Gasteiger charge is 2.25. The first kappa shape index (κ1) is 7.84. The number of Topliss-reactive ketones (excluding diaryl/α,β-unsaturated/α-hetero) is 1. The average Bonchev–Trinajstić information content (AvgIpc) is 1.84. The van der Waals surface area contributed by atoms with Gasteiger partial charge in [0.25, 0.3) is 5.91 Å². The Bertz CT molecular complexity index is 198. The second-order valence-corrected chi connectivity index (χ2v) is 2.39. The van der Waals surface area contributed by atoms with Gasteiger partial charge in [0, 0.05) is 13.1 Å². The Morgan fingerprint density at radius 2 is 2.09 bits per heavy atom. The van der Waals surface area contributed by atoms with Crippen molar-refractivity contribution in [2.24, 2.45) is 5.11 Å². The maximum absolute atomic E-state index is 10.9. The Balaban J connectivity index is 2.39. The molecule has 0 bridgehead atoms. The molecule has 0 aliphatic carbocycles. The summed E-state index contributed by atoms with van der Waals surface area (Å²) in [5, 5.41) is 2.85. The molecule has 1 heterocycles. The molecule has 0 atom stereocenters. The zero-order chi connectivity index (χ0) is 8.27. The lowest BCUT2D eigenvalue weighted by molar-refractivity contribution is -0.146. The lowest BCUT2D eigenvalue weighted by Crippen LogP contribution is -2.46. The predicted octanol–water partition coefficient (Wildman–Crippen LogP) is -0.181. The molecule has 1 rings (SSSR count). The number of carbonyl (C=O) groups excluding carboxylic acids is 2. The maximum Gasteiger partial charge on any atom is 0.292 e. The van der Waals surface area contributed by atoms with Gasteiger partial charge >= 0.3 is 0 Å². The van der Waals surface area contributed by atoms with Crippen molar-refractivity contribution in [2.45, 2.75) is 6.42 Å². The Labute approximate surface area is 63.9 Å². The molecule has 1 amide bonds. The third kappa shape index (κ3) is 1.60. The molecule has 60 valence electrons. The van der Waals surface area contributed by atoms with Crippen molar-refractivity contribution in [1.29, 1.82) is 5.53 Å². The van der Waals surface area contributed by atoms with E-state index in [-0.39, 0.29) is 6.54 Å². The minimum atomic E-state index is -0.584. The summed E-state index contributed by atoms with van der Waals surface area (Å²) in [7, 11) is 0. The van der Waals surface area contributed by atoms with Gasteiger partial charge < -0.3 is 4.90 Å². The summed E-state index contributed by atoms with van der Waals surface area (Å²) in [6.45, 7) is 1.03. The fraction of sp³-hybridized carbons (Fsp3) is 0.667. The molecule has 0 spiro atoms. The quantitative estimate of drug-likeness (QED) is 0.453. The lowest BCUT2D eigenvalue weighted by Gasteiger charge is -2.29. The largest absolute Gasteiger partial charge is 0.336 e. The van der Waals surface area contributed by atoms with E-state index < -0.39 is 11.7 Å². The van der Waals surface area contributed by atoms with Crippen molar-refractivity contribution in [1.82, 2.24) is 4.90 Å². The molecule has 0 aromatic heterocycles. The van der Waals surface area contributed by atoms with Gasteiger partial charge in [0.2, 0.25) is 5.78 Å². The molecule has 1 aliphatic rings. The van der Waals surface area contributed by atoms with Crippen LogP contribution in [0.25, 0.3) is 0 Å². The third-order valence-corrected chi connectivity index (χ3v) is 1.60. The van der Waals surface area contributed by atoms with Crippen LogP contribution in [0.1, 0.15) is 6.42 Å². The topological polar surface area (TPSA) is 73.6 Å². The summed E-state index contributed by atoms with van der Waals surface area (Å²) in [5.74, 6) is -1.08. The number of likely N-dealkylation sites (tertiary alicyclic amines) is 1. The number of rotatable bonds is 3. The molecule has 1 aliphatic heterocycles. The van der Waals surface area contributed by atoms with Gasteiger partial charge in [-0.05, 0) is 6.42 Å². The summed E-state index contributed by atoms with van der Waals surface area (Å²) in [5.41, 5.74) is 6.38. The van der Waals surface area contributed by atoms with Crippen molar-refractivity contribution in [2.75, 3.05) is 19.6 Å². The van der Waals surface area contributed by atoms with E-state index in [4.69, 9.17) is 5.53 Å². The number of nitrogens with zero attached hydrogens (tertiary/aromatic N) is 2. The smallest absolute Gasteiger partial charge is 0.292 e. The molecule has 5 heteroatoms. The summed E-state index contributed by atoms with van der Waals surface area (Å²) < 4.78 is 0. The number of carbonyl (C=O) groups is 2. The van der Waals surface area contributed by atoms with Gasteiger partial charge in [0.1, 0.15) is 6.54 Å². The Morgan fingerprint density at radius 1 is 1.45 bits per heavy atom. The van der Waals surface area contributed by atoms with Crippen LogP contribution in [0.4, 0.5) is 0 Å². The highest BCUT2D eigenvalue weighted by atomic mass is 16.2. The second-order valence-electron chi connectivity index (χ2n) is 2.39. The van der Waals surface area contributed by atoms with Crippen LogP contribution in [0.3, 0.4) is 0 Å². The first-order valence-corrected chi connectivity index (χ1v) is 3.41. The van der Waals surface area contributed by atoms with E-state index in [1.54, 1.807) is 0 Å². The number of amides is 1. The summed E-state index contributed by atoms with van der Waals surface area (Å²) >= 11 is 0. The first-order valence-electron chi connectivity index (χ1n) is 3.41. The molecule has 1 fully saturated rings. The van der Waals surface area contributed by atoms with Crippen molar-refractivity contribution in [3.05, 3.63) is 0 Å². The molecule has 0 saturated carbocycles. The molecular formula is C6H9N3O2. The summed E-state index contributed by atoms with van der Waals surface area (Å²) in [6, 6.07) is 0. The Morgan fingerprint density at radius 3 is 2.45 bits per heavy atom. The van der Waals surface area contributed by atoms with Crippen LogP contribution in [-0.2, 0) is 9.59 Å². The molecule has 1 saturated heterocycles. The fourth-order valence-corrected chi connectivity index (χ4v) is 0.835. The minimum absolute atomic E-state index is 0.310. The number of hydrogen-bond donors (Lipinski definition) is 1. The van der Waals surface area contributed by atoms with Gasteiger partial charge in [0.15, 0.2) is 0 Å². The molecule has 11 heavy (non-hydrogen) atoms. The normalized spacial score (nSPS) is 15.5. The zero-order valence-corrected chi connectivity index (χ0v) is 6.04. The third-order valence-electron chi connectivity index (χ3n) is 1.60. The van der Waals surface area contributed by atoms with Crippen LogP contribution in [0.15, 0.2) is 5.11 Å². The van der Waals surface area contributed by atoms with Gasteiger partial charge in [-0.25, -0.2) is 5.53 Å². The van der Waals surface area contributed by atoms with Crippen LogP contribution < -0.4 is 0 Å². The van der Waals surface area contributed by atoms with Gasteiger partial charge in [-0.2, -0.15) is 5.11 Å². The van der Waals surface area contributed by atoms with E-state index in [0.717, 1.165) is 6.42 Å². The molecule has 1 N–H and O–H groups in total. The second kappa shape index (κ2) is 3.23. The van der Waals surface area contributed by atoms with E-state index in [9.17, 15) is 9.59 Å². The van der Waals surface area contributed by atoms with Gasteiger partial charge in [-0.1, -0.05) is 0 Å². The van der Waals surface area contributed by atoms with E-state index >= 15 is 0 Å². The number of hydrogen-bond acceptors (Lipinski definition) is 4. The van der Waals surface area contributed by atoms with Crippen LogP contribution >= 0.6 is 0 Å². The average molecular weight is 155 g/mol. The Kier molecular flexibility index (Phi) is 2.30. The number of ketones is 1. The molecule has 0 aromatic rings. The molecule has 0 unspecified atom stereocenters. The zero-order valence-electron chi connectivity index (χ0n) is 6.04. The van der Waals surface area contributed by atoms with Crippen molar-refractivity contribution >= 4 is 11.7 Å². The van der Waals surface area contributed by atoms with Crippen LogP contribution in [0.2, 0.25) is 0 Å². The monoisotopic (exact) mass is 155 g/mol. The predicted molar refractivity (Wildman–Crippen MR) is 36.2 cm³/mol. The summed E-state index contributed by atoms with van der Waals surface area (Å²) in [4.78, 5) is 23.2. The van der Waals surface area contributed by atoms with E-state index in [1.165, 1.54) is 4.90 Å². The molecule has 0 aromatic carbocycles. The van der Waals surface area contributed by atoms with Gasteiger partial charge in [-0.15, -0.1) is 0 Å². The molecule has 5 nitrogen and oxygen atoms in total. The molecule has 0 radical (unpaired) electrons. The minimum Gasteiger partial charge on any atom is -0.336 e. The maximum atomic E-state index is 10.9. The Hall–Kier alpha value is -1.26.